The summed E-state index contributed by atoms with van der Waals surface area (Å²) in [4.78, 5) is 0.576. The maximum absolute atomic E-state index is 10.7. The van der Waals surface area contributed by atoms with Crippen molar-refractivity contribution in [1.29, 1.82) is 0 Å². The van der Waals surface area contributed by atoms with Crippen LogP contribution in [-0.4, -0.2) is 14.7 Å². The van der Waals surface area contributed by atoms with E-state index in [2.05, 4.69) is 0 Å². The molecule has 0 radical (unpaired) electrons. The Bertz CT molecular complexity index is 124. The molecule has 0 rings (SSSR count). The Morgan fingerprint density at radius 1 is 1.71 bits per heavy atom. The van der Waals surface area contributed by atoms with E-state index in [1.807, 2.05) is 0 Å². The van der Waals surface area contributed by atoms with Gasteiger partial charge < -0.3 is 1.43 Å². The molecule has 0 aromatic heterocycles. The maximum atomic E-state index is 10.7. The van der Waals surface area contributed by atoms with Crippen LogP contribution in [0.25, 0.3) is 0 Å². The average Bonchev–Trinajstić information content (AvgIpc) is 1.35. The number of nitrogens with one attached hydrogen (secondary N) is 1. The van der Waals surface area contributed by atoms with Crippen molar-refractivity contribution in [3.63, 3.8) is 0 Å². The topological polar surface area (TPSA) is 46.2 Å². The SMILES string of the molecule is CS(=O)(=O)NF.[H-].[Li+]. The maximum Gasteiger partial charge on any atom is 1.00 e. The molecule has 0 heterocycles. The van der Waals surface area contributed by atoms with E-state index in [9.17, 15) is 12.9 Å². The van der Waals surface area contributed by atoms with Crippen LogP contribution in [0, 0.1) is 0 Å². The summed E-state index contributed by atoms with van der Waals surface area (Å²) in [5.41, 5.74) is 0. The van der Waals surface area contributed by atoms with Crippen LogP contribution in [0.1, 0.15) is 1.43 Å². The molecule has 0 aliphatic carbocycles. The van der Waals surface area contributed by atoms with Crippen LogP contribution in [0.15, 0.2) is 0 Å². The van der Waals surface area contributed by atoms with Gasteiger partial charge in [-0.3, -0.25) is 0 Å². The molecule has 0 aromatic rings. The third kappa shape index (κ3) is 10.7. The number of sulfonamides is 1. The molecule has 0 bridgehead atoms. The summed E-state index contributed by atoms with van der Waals surface area (Å²) in [6.07, 6.45) is 0.729. The van der Waals surface area contributed by atoms with Crippen LogP contribution in [0.4, 0.5) is 4.48 Å². The fraction of sp³-hybridized carbons (Fsp3) is 1.00. The molecule has 0 fully saturated rings. The Kier molecular flexibility index (Phi) is 5.12. The van der Waals surface area contributed by atoms with Crippen molar-refractivity contribution in [1.82, 2.24) is 4.94 Å². The van der Waals surface area contributed by atoms with Crippen molar-refractivity contribution in [2.75, 3.05) is 6.26 Å². The Morgan fingerprint density at radius 3 is 1.86 bits per heavy atom. The van der Waals surface area contributed by atoms with Crippen molar-refractivity contribution in [2.45, 2.75) is 0 Å². The number of hydrogen-bond donors (Lipinski definition) is 1. The summed E-state index contributed by atoms with van der Waals surface area (Å²) in [7, 11) is -3.58. The molecule has 0 saturated carbocycles. The first-order valence-electron chi connectivity index (χ1n) is 1.13. The quantitative estimate of drug-likeness (QED) is 0.289. The van der Waals surface area contributed by atoms with Gasteiger partial charge in [0.2, 0.25) is 10.0 Å². The minimum atomic E-state index is -3.58. The van der Waals surface area contributed by atoms with Gasteiger partial charge in [-0.25, -0.2) is 8.42 Å². The molecule has 3 nitrogen and oxygen atoms in total. The van der Waals surface area contributed by atoms with Crippen molar-refractivity contribution in [2.24, 2.45) is 0 Å². The molecule has 7 heavy (non-hydrogen) atoms. The molecule has 0 aliphatic heterocycles. The zero-order chi connectivity index (χ0) is 5.21. The van der Waals surface area contributed by atoms with Crippen LogP contribution < -0.4 is 23.8 Å². The van der Waals surface area contributed by atoms with Crippen LogP contribution >= 0.6 is 0 Å². The monoisotopic (exact) mass is 121 g/mol. The van der Waals surface area contributed by atoms with Gasteiger partial charge in [-0.2, -0.15) is 0 Å². The minimum Gasteiger partial charge on any atom is -1.00 e. The summed E-state index contributed by atoms with van der Waals surface area (Å²) in [6, 6.07) is 0. The van der Waals surface area contributed by atoms with Crippen LogP contribution in [0.5, 0.6) is 0 Å². The van der Waals surface area contributed by atoms with Gasteiger partial charge in [-0.15, -0.1) is 4.48 Å². The Labute approximate surface area is 54.9 Å². The van der Waals surface area contributed by atoms with Crippen molar-refractivity contribution < 1.29 is 33.2 Å². The van der Waals surface area contributed by atoms with E-state index in [-0.39, 0.29) is 20.3 Å². The standard InChI is InChI=1S/CH4FNO2S.Li.H/c1-6(4,5)3-2;;/h3H,1H3;;/q;+1;-1. The van der Waals surface area contributed by atoms with Gasteiger partial charge in [-0.05, 0) is 0 Å². The third-order valence-electron chi connectivity index (χ3n) is 0.140. The van der Waals surface area contributed by atoms with Gasteiger partial charge in [0, 0.05) is 0 Å². The molecule has 0 atom stereocenters. The summed E-state index contributed by atoms with van der Waals surface area (Å²) in [5, 5.41) is 0. The molecule has 0 spiro atoms. The Balaban J connectivity index is -0.000000125. The average molecular weight is 121 g/mol. The Morgan fingerprint density at radius 2 is 1.86 bits per heavy atom. The van der Waals surface area contributed by atoms with E-state index in [0.717, 1.165) is 6.26 Å². The zero-order valence-electron chi connectivity index (χ0n) is 5.10. The second-order valence-corrected chi connectivity index (χ2v) is 2.55. The number of halogens is 1. The van der Waals surface area contributed by atoms with Crippen molar-refractivity contribution >= 4 is 10.0 Å². The first-order chi connectivity index (χ1) is 2.56. The summed E-state index contributed by atoms with van der Waals surface area (Å²) in [6.45, 7) is 0. The van der Waals surface area contributed by atoms with Crippen molar-refractivity contribution in [3.8, 4) is 0 Å². The number of hydrogen-bond acceptors (Lipinski definition) is 2. The molecule has 0 aliphatic rings. The van der Waals surface area contributed by atoms with E-state index < -0.39 is 10.0 Å². The van der Waals surface area contributed by atoms with Crippen LogP contribution in [0.3, 0.4) is 0 Å². The second-order valence-electron chi connectivity index (χ2n) is 0.849. The number of rotatable bonds is 1. The molecule has 0 aromatic carbocycles. The van der Waals surface area contributed by atoms with Gasteiger partial charge in [0.15, 0.2) is 0 Å². The summed E-state index contributed by atoms with van der Waals surface area (Å²) in [5.74, 6) is 0. The first kappa shape index (κ1) is 10.4. The van der Waals surface area contributed by atoms with Crippen LogP contribution in [0.2, 0.25) is 0 Å². The smallest absolute Gasteiger partial charge is 1.00 e. The molecular weight excluding hydrogens is 116 g/mol. The molecular formula is CH5FLiNO2S. The van der Waals surface area contributed by atoms with E-state index in [0.29, 0.717) is 4.94 Å². The van der Waals surface area contributed by atoms with E-state index >= 15 is 0 Å². The Hall–Kier alpha value is 0.437. The molecule has 40 valence electrons. The summed E-state index contributed by atoms with van der Waals surface area (Å²) < 4.78 is 29.7. The molecule has 0 amide bonds. The molecule has 0 unspecified atom stereocenters. The zero-order valence-corrected chi connectivity index (χ0v) is 4.92. The second kappa shape index (κ2) is 3.44. The fourth-order valence-electron chi connectivity index (χ4n) is 0. The largest absolute Gasteiger partial charge is 1.00 e. The van der Waals surface area contributed by atoms with Gasteiger partial charge in [0.1, 0.15) is 0 Å². The molecule has 6 heteroatoms. The third-order valence-corrected chi connectivity index (χ3v) is 0.420. The van der Waals surface area contributed by atoms with Gasteiger partial charge in [-0.1, -0.05) is 4.94 Å². The van der Waals surface area contributed by atoms with Gasteiger partial charge >= 0.3 is 18.9 Å². The van der Waals surface area contributed by atoms with E-state index in [1.165, 1.54) is 0 Å². The molecule has 1 N–H and O–H groups in total. The summed E-state index contributed by atoms with van der Waals surface area (Å²) >= 11 is 0. The van der Waals surface area contributed by atoms with E-state index in [4.69, 9.17) is 0 Å². The van der Waals surface area contributed by atoms with Gasteiger partial charge in [0.05, 0.1) is 6.26 Å². The van der Waals surface area contributed by atoms with Crippen molar-refractivity contribution in [3.05, 3.63) is 0 Å². The first-order valence-corrected chi connectivity index (χ1v) is 3.03. The van der Waals surface area contributed by atoms with Gasteiger partial charge in [0.25, 0.3) is 0 Å². The minimum absolute atomic E-state index is 0. The predicted molar refractivity (Wildman–Crippen MR) is 20.2 cm³/mol. The predicted octanol–water partition coefficient (Wildman–Crippen LogP) is -3.46. The van der Waals surface area contributed by atoms with Crippen LogP contribution in [-0.2, 0) is 10.0 Å². The fourth-order valence-corrected chi connectivity index (χ4v) is 0. The normalized spacial score (nSPS) is 10.0. The molecule has 0 saturated heterocycles. The van der Waals surface area contributed by atoms with E-state index in [1.54, 1.807) is 0 Å².